The third kappa shape index (κ3) is 1.80. The topological polar surface area (TPSA) is 100 Å². The summed E-state index contributed by atoms with van der Waals surface area (Å²) in [5.74, 6) is 0.790. The van der Waals surface area contributed by atoms with E-state index in [1.807, 2.05) is 16.8 Å². The number of hydrogen-bond donors (Lipinski definition) is 3. The van der Waals surface area contributed by atoms with Gasteiger partial charge in [0.15, 0.2) is 11.2 Å². The first kappa shape index (κ1) is 10.0. The number of H-pyrrole nitrogens is 2. The fourth-order valence-electron chi connectivity index (χ4n) is 1.64. The van der Waals surface area contributed by atoms with Crippen LogP contribution in [0.15, 0.2) is 21.6 Å². The fraction of sp³-hybridized carbons (Fsp3) is 0.100. The molecule has 0 amide bonds. The summed E-state index contributed by atoms with van der Waals surface area (Å²) in [6.07, 6.45) is 0.652. The van der Waals surface area contributed by atoms with Crippen LogP contribution in [-0.4, -0.2) is 19.9 Å². The standard InChI is InChI=1S/C10H9N5OS/c11-10-14-8-7(9(16)15-10)12-6(13-8)3-5-1-2-17-4-5/h1-2,4H,3H2,(H4,11,12,13,14,15,16). The van der Waals surface area contributed by atoms with E-state index in [1.54, 1.807) is 11.3 Å². The molecule has 3 aromatic heterocycles. The summed E-state index contributed by atoms with van der Waals surface area (Å²) in [5.41, 5.74) is 7.03. The number of nitrogens with one attached hydrogen (secondary N) is 2. The molecule has 0 aliphatic rings. The van der Waals surface area contributed by atoms with Crippen LogP contribution in [0.4, 0.5) is 5.95 Å². The van der Waals surface area contributed by atoms with Crippen molar-refractivity contribution in [2.45, 2.75) is 6.42 Å². The maximum atomic E-state index is 11.6. The Hall–Kier alpha value is -2.15. The van der Waals surface area contributed by atoms with E-state index in [-0.39, 0.29) is 11.5 Å². The highest BCUT2D eigenvalue weighted by atomic mass is 32.1. The minimum atomic E-state index is -0.295. The lowest BCUT2D eigenvalue weighted by Gasteiger charge is -1.90. The highest BCUT2D eigenvalue weighted by molar-refractivity contribution is 7.07. The zero-order valence-corrected chi connectivity index (χ0v) is 9.54. The highest BCUT2D eigenvalue weighted by Gasteiger charge is 2.09. The Kier molecular flexibility index (Phi) is 2.19. The number of aromatic nitrogens is 4. The van der Waals surface area contributed by atoms with Crippen LogP contribution in [0.1, 0.15) is 11.4 Å². The number of thiophene rings is 1. The van der Waals surface area contributed by atoms with Gasteiger partial charge in [-0.25, -0.2) is 4.98 Å². The largest absolute Gasteiger partial charge is 0.369 e. The van der Waals surface area contributed by atoms with Gasteiger partial charge in [-0.05, 0) is 22.4 Å². The van der Waals surface area contributed by atoms with Crippen molar-refractivity contribution in [1.82, 2.24) is 19.9 Å². The van der Waals surface area contributed by atoms with E-state index in [1.165, 1.54) is 0 Å². The van der Waals surface area contributed by atoms with Gasteiger partial charge in [0.05, 0.1) is 0 Å². The number of anilines is 1. The molecule has 6 nitrogen and oxygen atoms in total. The molecule has 0 saturated carbocycles. The number of rotatable bonds is 2. The smallest absolute Gasteiger partial charge is 0.278 e. The van der Waals surface area contributed by atoms with Crippen LogP contribution >= 0.6 is 11.3 Å². The number of nitrogens with zero attached hydrogens (tertiary/aromatic N) is 2. The van der Waals surface area contributed by atoms with Gasteiger partial charge in [0.2, 0.25) is 5.95 Å². The molecule has 0 aliphatic carbocycles. The molecule has 0 atom stereocenters. The Morgan fingerprint density at radius 3 is 3.00 bits per heavy atom. The van der Waals surface area contributed by atoms with Crippen LogP contribution in [0.2, 0.25) is 0 Å². The molecule has 0 aliphatic heterocycles. The predicted molar refractivity (Wildman–Crippen MR) is 66.0 cm³/mol. The van der Waals surface area contributed by atoms with Crippen molar-refractivity contribution in [2.75, 3.05) is 5.73 Å². The molecule has 86 valence electrons. The average Bonchev–Trinajstić information content (AvgIpc) is 2.87. The zero-order chi connectivity index (χ0) is 11.8. The molecule has 4 N–H and O–H groups in total. The number of aromatic amines is 2. The Morgan fingerprint density at radius 1 is 1.35 bits per heavy atom. The molecule has 3 rings (SSSR count). The van der Waals surface area contributed by atoms with Gasteiger partial charge in [0.25, 0.3) is 5.56 Å². The number of nitrogen functional groups attached to an aromatic ring is 1. The zero-order valence-electron chi connectivity index (χ0n) is 8.73. The monoisotopic (exact) mass is 247 g/mol. The number of fused-ring (bicyclic) bond motifs is 1. The highest BCUT2D eigenvalue weighted by Crippen LogP contribution is 2.12. The van der Waals surface area contributed by atoms with Gasteiger partial charge < -0.3 is 10.7 Å². The fourth-order valence-corrected chi connectivity index (χ4v) is 2.31. The summed E-state index contributed by atoms with van der Waals surface area (Å²) < 4.78 is 0. The Balaban J connectivity index is 2.08. The Bertz CT molecular complexity index is 712. The van der Waals surface area contributed by atoms with Gasteiger partial charge in [-0.15, -0.1) is 0 Å². The van der Waals surface area contributed by atoms with E-state index in [9.17, 15) is 4.79 Å². The third-order valence-corrected chi connectivity index (χ3v) is 3.11. The van der Waals surface area contributed by atoms with E-state index in [2.05, 4.69) is 19.9 Å². The molecular formula is C10H9N5OS. The van der Waals surface area contributed by atoms with Crippen LogP contribution in [0.25, 0.3) is 11.2 Å². The molecule has 3 aromatic rings. The first-order valence-corrected chi connectivity index (χ1v) is 5.92. The lowest BCUT2D eigenvalue weighted by Crippen LogP contribution is -2.10. The third-order valence-electron chi connectivity index (χ3n) is 2.38. The summed E-state index contributed by atoms with van der Waals surface area (Å²) in [7, 11) is 0. The first-order valence-electron chi connectivity index (χ1n) is 4.98. The van der Waals surface area contributed by atoms with Crippen molar-refractivity contribution in [3.8, 4) is 0 Å². The minimum Gasteiger partial charge on any atom is -0.369 e. The number of hydrogen-bond acceptors (Lipinski definition) is 5. The molecule has 3 heterocycles. The summed E-state index contributed by atoms with van der Waals surface area (Å²) in [6.45, 7) is 0. The maximum absolute atomic E-state index is 11.6. The van der Waals surface area contributed by atoms with Crippen molar-refractivity contribution < 1.29 is 0 Å². The van der Waals surface area contributed by atoms with E-state index < -0.39 is 0 Å². The summed E-state index contributed by atoms with van der Waals surface area (Å²) in [4.78, 5) is 25.2. The molecule has 0 saturated heterocycles. The number of nitrogens with two attached hydrogens (primary N) is 1. The second-order valence-electron chi connectivity index (χ2n) is 3.64. The van der Waals surface area contributed by atoms with Gasteiger partial charge in [0.1, 0.15) is 5.82 Å². The average molecular weight is 247 g/mol. The molecule has 0 fully saturated rings. The normalized spacial score (nSPS) is 11.1. The molecule has 0 bridgehead atoms. The number of imidazole rings is 1. The first-order chi connectivity index (χ1) is 8.22. The second kappa shape index (κ2) is 3.70. The van der Waals surface area contributed by atoms with Gasteiger partial charge in [-0.1, -0.05) is 0 Å². The van der Waals surface area contributed by atoms with E-state index in [4.69, 9.17) is 5.73 Å². The van der Waals surface area contributed by atoms with Gasteiger partial charge in [0, 0.05) is 6.42 Å². The summed E-state index contributed by atoms with van der Waals surface area (Å²) in [5, 5.41) is 4.04. The lowest BCUT2D eigenvalue weighted by atomic mass is 10.2. The lowest BCUT2D eigenvalue weighted by molar-refractivity contribution is 1.04. The summed E-state index contributed by atoms with van der Waals surface area (Å²) >= 11 is 1.63. The van der Waals surface area contributed by atoms with Crippen molar-refractivity contribution in [2.24, 2.45) is 0 Å². The van der Waals surface area contributed by atoms with Gasteiger partial charge >= 0.3 is 0 Å². The maximum Gasteiger partial charge on any atom is 0.278 e. The molecule has 0 aromatic carbocycles. The van der Waals surface area contributed by atoms with Crippen molar-refractivity contribution >= 4 is 28.4 Å². The van der Waals surface area contributed by atoms with E-state index >= 15 is 0 Å². The van der Waals surface area contributed by atoms with Crippen LogP contribution in [0.5, 0.6) is 0 Å². The van der Waals surface area contributed by atoms with E-state index in [0.29, 0.717) is 23.4 Å². The molecule has 17 heavy (non-hydrogen) atoms. The molecule has 0 unspecified atom stereocenters. The quantitative estimate of drug-likeness (QED) is 0.625. The molecule has 7 heteroatoms. The van der Waals surface area contributed by atoms with Gasteiger partial charge in [-0.2, -0.15) is 16.3 Å². The van der Waals surface area contributed by atoms with Crippen LogP contribution in [-0.2, 0) is 6.42 Å². The SMILES string of the molecule is Nc1nc2nc(Cc3ccsc3)[nH]c2c(=O)[nH]1. The van der Waals surface area contributed by atoms with E-state index in [0.717, 1.165) is 5.56 Å². The Labute approximate surface area is 99.5 Å². The Morgan fingerprint density at radius 2 is 2.24 bits per heavy atom. The van der Waals surface area contributed by atoms with Crippen molar-refractivity contribution in [1.29, 1.82) is 0 Å². The van der Waals surface area contributed by atoms with Crippen LogP contribution < -0.4 is 11.3 Å². The molecule has 0 spiro atoms. The predicted octanol–water partition coefficient (Wildman–Crippen LogP) is 0.881. The van der Waals surface area contributed by atoms with Crippen molar-refractivity contribution in [3.63, 3.8) is 0 Å². The summed E-state index contributed by atoms with van der Waals surface area (Å²) in [6, 6.07) is 2.02. The van der Waals surface area contributed by atoms with Crippen molar-refractivity contribution in [3.05, 3.63) is 38.6 Å². The molecular weight excluding hydrogens is 238 g/mol. The van der Waals surface area contributed by atoms with Crippen LogP contribution in [0.3, 0.4) is 0 Å². The molecule has 0 radical (unpaired) electrons. The van der Waals surface area contributed by atoms with Crippen LogP contribution in [0, 0.1) is 0 Å². The second-order valence-corrected chi connectivity index (χ2v) is 4.42. The minimum absolute atomic E-state index is 0.0797. The van der Waals surface area contributed by atoms with Gasteiger partial charge in [-0.3, -0.25) is 9.78 Å².